The minimum Gasteiger partial charge on any atom is -0.457 e. The normalized spacial score (nSPS) is 14.7. The highest BCUT2D eigenvalue weighted by Crippen LogP contribution is 2.28. The van der Waals surface area contributed by atoms with E-state index in [2.05, 4.69) is 26.3 Å². The largest absolute Gasteiger partial charge is 0.457 e. The van der Waals surface area contributed by atoms with Gasteiger partial charge >= 0.3 is 0 Å². The summed E-state index contributed by atoms with van der Waals surface area (Å²) >= 11 is 8.83. The summed E-state index contributed by atoms with van der Waals surface area (Å²) in [7, 11) is 0. The Labute approximate surface area is 227 Å². The monoisotopic (exact) mass is 572 g/mol. The lowest BCUT2D eigenvalue weighted by Crippen LogP contribution is -2.54. The molecule has 1 N–H and O–H groups in total. The van der Waals surface area contributed by atoms with Crippen molar-refractivity contribution in [1.82, 2.24) is 15.1 Å². The fraction of sp³-hybridized carbons (Fsp3) is 0.0714. The quantitative estimate of drug-likeness (QED) is 0.184. The van der Waals surface area contributed by atoms with Gasteiger partial charge in [0.1, 0.15) is 17.1 Å². The van der Waals surface area contributed by atoms with Crippen LogP contribution in [0.15, 0.2) is 95.1 Å². The molecule has 37 heavy (non-hydrogen) atoms. The van der Waals surface area contributed by atoms with Gasteiger partial charge in [-0.2, -0.15) is 5.10 Å². The molecule has 4 aromatic rings. The molecule has 1 aromatic heterocycles. The number of anilines is 1. The molecule has 5 rings (SSSR count). The summed E-state index contributed by atoms with van der Waals surface area (Å²) < 4.78 is 8.23. The van der Waals surface area contributed by atoms with Crippen molar-refractivity contribution in [2.75, 3.05) is 4.90 Å². The van der Waals surface area contributed by atoms with E-state index in [1.807, 2.05) is 61.5 Å². The molecule has 0 atom stereocenters. The van der Waals surface area contributed by atoms with Crippen molar-refractivity contribution in [1.29, 1.82) is 0 Å². The Kier molecular flexibility index (Phi) is 6.98. The van der Waals surface area contributed by atoms with E-state index in [1.165, 1.54) is 11.0 Å². The first-order chi connectivity index (χ1) is 17.9. The molecular weight excluding hydrogens is 552 g/mol. The van der Waals surface area contributed by atoms with Crippen LogP contribution in [0.4, 0.5) is 5.69 Å². The van der Waals surface area contributed by atoms with Gasteiger partial charge in [-0.15, -0.1) is 0 Å². The molecular formula is C28H21BrN4O3S. The summed E-state index contributed by atoms with van der Waals surface area (Å²) in [5.74, 6) is 0.213. The SMILES string of the molecule is Cc1ccc(Cn2ncc(Br)c2/C=C2\C(=O)NC(=S)N(c3ccc(Oc4ccccc4)cc3)C2=O)cc1. The number of carbonyl (C=O) groups excluding carboxylic acids is 2. The third-order valence-electron chi connectivity index (χ3n) is 5.74. The molecule has 2 heterocycles. The second-order valence-electron chi connectivity index (χ2n) is 8.39. The van der Waals surface area contributed by atoms with Crippen LogP contribution < -0.4 is 15.0 Å². The van der Waals surface area contributed by atoms with Crippen LogP contribution in [0.5, 0.6) is 11.5 Å². The fourth-order valence-electron chi connectivity index (χ4n) is 3.82. The van der Waals surface area contributed by atoms with E-state index in [0.29, 0.717) is 33.9 Å². The van der Waals surface area contributed by atoms with Crippen LogP contribution in [0.3, 0.4) is 0 Å². The molecule has 0 radical (unpaired) electrons. The fourth-order valence-corrected chi connectivity index (χ4v) is 4.52. The van der Waals surface area contributed by atoms with Crippen molar-refractivity contribution >= 4 is 56.8 Å². The Bertz CT molecular complexity index is 1510. The number of halogens is 1. The predicted octanol–water partition coefficient (Wildman–Crippen LogP) is 5.63. The number of rotatable bonds is 6. The number of amides is 2. The van der Waals surface area contributed by atoms with E-state index in [1.54, 1.807) is 35.1 Å². The molecule has 1 saturated heterocycles. The number of benzene rings is 3. The summed E-state index contributed by atoms with van der Waals surface area (Å²) in [6.45, 7) is 2.50. The van der Waals surface area contributed by atoms with Crippen LogP contribution in [-0.2, 0) is 16.1 Å². The van der Waals surface area contributed by atoms with Crippen molar-refractivity contribution < 1.29 is 14.3 Å². The first-order valence-electron chi connectivity index (χ1n) is 11.4. The zero-order valence-electron chi connectivity index (χ0n) is 19.7. The Morgan fingerprint density at radius 2 is 1.65 bits per heavy atom. The molecule has 0 bridgehead atoms. The Morgan fingerprint density at radius 1 is 0.973 bits per heavy atom. The van der Waals surface area contributed by atoms with Crippen LogP contribution >= 0.6 is 28.1 Å². The second-order valence-corrected chi connectivity index (χ2v) is 9.63. The van der Waals surface area contributed by atoms with Gasteiger partial charge in [0, 0.05) is 0 Å². The summed E-state index contributed by atoms with van der Waals surface area (Å²) in [5, 5.41) is 7.05. The number of nitrogens with one attached hydrogen (secondary N) is 1. The number of thiocarbonyl (C=S) groups is 1. The van der Waals surface area contributed by atoms with Crippen LogP contribution in [0.1, 0.15) is 16.8 Å². The molecule has 0 saturated carbocycles. The number of para-hydroxylation sites is 1. The van der Waals surface area contributed by atoms with Gasteiger partial charge in [-0.25, -0.2) is 0 Å². The number of hydrogen-bond acceptors (Lipinski definition) is 5. The standard InChI is InChI=1S/C28H21BrN4O3S/c1-18-7-9-19(10-8-18)17-32-25(24(29)16-30-32)15-23-26(34)31-28(37)33(27(23)35)20-11-13-22(14-12-20)36-21-5-3-2-4-6-21/h2-16H,17H2,1H3,(H,31,34,37)/b23-15+. The number of carbonyl (C=O) groups is 2. The minimum atomic E-state index is -0.565. The molecule has 184 valence electrons. The molecule has 2 amide bonds. The van der Waals surface area contributed by atoms with Gasteiger partial charge in [0.2, 0.25) is 0 Å². The molecule has 1 aliphatic rings. The molecule has 3 aromatic carbocycles. The average Bonchev–Trinajstić information content (AvgIpc) is 3.23. The van der Waals surface area contributed by atoms with E-state index in [4.69, 9.17) is 17.0 Å². The second kappa shape index (κ2) is 10.5. The maximum atomic E-state index is 13.5. The summed E-state index contributed by atoms with van der Waals surface area (Å²) in [6, 6.07) is 24.4. The van der Waals surface area contributed by atoms with Crippen LogP contribution in [-0.4, -0.2) is 26.7 Å². The Balaban J connectivity index is 1.42. The maximum absolute atomic E-state index is 13.5. The van der Waals surface area contributed by atoms with Crippen molar-refractivity contribution in [3.63, 3.8) is 0 Å². The summed E-state index contributed by atoms with van der Waals surface area (Å²) in [5.41, 5.74) is 3.25. The molecule has 1 aliphatic heterocycles. The number of aryl methyl sites for hydroxylation is 1. The smallest absolute Gasteiger partial charge is 0.270 e. The molecule has 7 nitrogen and oxygen atoms in total. The van der Waals surface area contributed by atoms with Crippen molar-refractivity contribution in [2.24, 2.45) is 0 Å². The molecule has 1 fully saturated rings. The highest BCUT2D eigenvalue weighted by atomic mass is 79.9. The van der Waals surface area contributed by atoms with Crippen LogP contribution in [0, 0.1) is 6.92 Å². The Morgan fingerprint density at radius 3 is 2.35 bits per heavy atom. The number of aromatic nitrogens is 2. The third-order valence-corrected chi connectivity index (χ3v) is 6.64. The van der Waals surface area contributed by atoms with E-state index >= 15 is 0 Å². The van der Waals surface area contributed by atoms with E-state index in [9.17, 15) is 9.59 Å². The van der Waals surface area contributed by atoms with E-state index in [-0.39, 0.29) is 10.7 Å². The summed E-state index contributed by atoms with van der Waals surface area (Å²) in [4.78, 5) is 27.6. The third kappa shape index (κ3) is 5.37. The number of nitrogens with zero attached hydrogens (tertiary/aromatic N) is 3. The highest BCUT2D eigenvalue weighted by Gasteiger charge is 2.35. The van der Waals surface area contributed by atoms with Crippen LogP contribution in [0.2, 0.25) is 0 Å². The van der Waals surface area contributed by atoms with Crippen molar-refractivity contribution in [3.8, 4) is 11.5 Å². The lowest BCUT2D eigenvalue weighted by atomic mass is 10.1. The molecule has 0 aliphatic carbocycles. The maximum Gasteiger partial charge on any atom is 0.270 e. The zero-order valence-corrected chi connectivity index (χ0v) is 22.1. The molecule has 0 spiro atoms. The minimum absolute atomic E-state index is 0.0103. The van der Waals surface area contributed by atoms with Crippen molar-refractivity contribution in [2.45, 2.75) is 13.5 Å². The molecule has 0 unspecified atom stereocenters. The lowest BCUT2D eigenvalue weighted by Gasteiger charge is -2.29. The van der Waals surface area contributed by atoms with Gasteiger partial charge in [0.25, 0.3) is 11.8 Å². The highest BCUT2D eigenvalue weighted by molar-refractivity contribution is 9.10. The zero-order chi connectivity index (χ0) is 25.9. The average molecular weight is 573 g/mol. The van der Waals surface area contributed by atoms with E-state index in [0.717, 1.165) is 11.1 Å². The number of hydrogen-bond donors (Lipinski definition) is 1. The number of ether oxygens (including phenoxy) is 1. The molecule has 9 heteroatoms. The van der Waals surface area contributed by atoms with Gasteiger partial charge in [0.05, 0.1) is 28.6 Å². The van der Waals surface area contributed by atoms with Gasteiger partial charge in [-0.1, -0.05) is 48.0 Å². The van der Waals surface area contributed by atoms with Crippen LogP contribution in [0.25, 0.3) is 6.08 Å². The predicted molar refractivity (Wildman–Crippen MR) is 149 cm³/mol. The summed E-state index contributed by atoms with van der Waals surface area (Å²) in [6.07, 6.45) is 3.17. The topological polar surface area (TPSA) is 76.5 Å². The lowest BCUT2D eigenvalue weighted by molar-refractivity contribution is -0.122. The van der Waals surface area contributed by atoms with Crippen molar-refractivity contribution in [3.05, 3.63) is 112 Å². The van der Waals surface area contributed by atoms with Gasteiger partial charge < -0.3 is 4.74 Å². The van der Waals surface area contributed by atoms with Gasteiger partial charge in [-0.05, 0) is 83.1 Å². The van der Waals surface area contributed by atoms with E-state index < -0.39 is 11.8 Å². The Hall–Kier alpha value is -4.08. The van der Waals surface area contributed by atoms with Gasteiger partial charge in [-0.3, -0.25) is 24.5 Å². The van der Waals surface area contributed by atoms with Gasteiger partial charge in [0.15, 0.2) is 5.11 Å². The first kappa shape index (κ1) is 24.6. The first-order valence-corrected chi connectivity index (χ1v) is 12.6.